The van der Waals surface area contributed by atoms with E-state index in [0.717, 1.165) is 11.7 Å². The fourth-order valence-electron chi connectivity index (χ4n) is 1.74. The first-order valence-corrected chi connectivity index (χ1v) is 6.10. The fraction of sp³-hybridized carbons (Fsp3) is 0.900. The van der Waals surface area contributed by atoms with Crippen molar-refractivity contribution >= 4 is 16.9 Å². The third-order valence-corrected chi connectivity index (χ3v) is 4.18. The van der Waals surface area contributed by atoms with Crippen molar-refractivity contribution in [3.8, 4) is 0 Å². The third kappa shape index (κ3) is 1.85. The lowest BCUT2D eigenvalue weighted by Gasteiger charge is -2.21. The molecule has 2 nitrogen and oxygen atoms in total. The fourth-order valence-corrected chi connectivity index (χ4v) is 2.74. The molecule has 0 spiro atoms. The van der Waals surface area contributed by atoms with Crippen LogP contribution in [0.25, 0.3) is 0 Å². The summed E-state index contributed by atoms with van der Waals surface area (Å²) in [6, 6.07) is 0.510. The summed E-state index contributed by atoms with van der Waals surface area (Å²) in [7, 11) is 0. The minimum absolute atomic E-state index is 0.399. The van der Waals surface area contributed by atoms with E-state index < -0.39 is 0 Å². The number of rotatable bonds is 2. The summed E-state index contributed by atoms with van der Waals surface area (Å²) < 4.78 is 0. The Balaban J connectivity index is 1.95. The van der Waals surface area contributed by atoms with E-state index in [1.807, 2.05) is 11.8 Å². The molecule has 0 aromatic heterocycles. The van der Waals surface area contributed by atoms with Crippen molar-refractivity contribution < 1.29 is 0 Å². The molecular weight excluding hydrogens is 180 g/mol. The lowest BCUT2D eigenvalue weighted by atomic mass is 10.0. The predicted octanol–water partition coefficient (Wildman–Crippen LogP) is 2.26. The first kappa shape index (κ1) is 9.38. The number of nitrogens with one attached hydrogen (secondary N) is 1. The quantitative estimate of drug-likeness (QED) is 0.736. The highest BCUT2D eigenvalue weighted by Gasteiger charge is 2.46. The van der Waals surface area contributed by atoms with Gasteiger partial charge in [0.05, 0.1) is 6.04 Å². The molecule has 1 heterocycles. The molecular formula is C10H18N2S. The van der Waals surface area contributed by atoms with Gasteiger partial charge in [-0.25, -0.2) is 0 Å². The highest BCUT2D eigenvalue weighted by molar-refractivity contribution is 8.14. The number of nitrogens with zero attached hydrogens (tertiary/aromatic N) is 1. The molecule has 13 heavy (non-hydrogen) atoms. The molecule has 1 unspecified atom stereocenters. The van der Waals surface area contributed by atoms with Gasteiger partial charge < -0.3 is 5.32 Å². The second kappa shape index (κ2) is 3.19. The zero-order valence-corrected chi connectivity index (χ0v) is 9.45. The SMILES string of the molecule is CC1CSC(NC2(C(C)C)CC2)=N1. The van der Waals surface area contributed by atoms with E-state index in [2.05, 4.69) is 31.1 Å². The van der Waals surface area contributed by atoms with E-state index in [0.29, 0.717) is 11.6 Å². The van der Waals surface area contributed by atoms with Crippen LogP contribution in [0.2, 0.25) is 0 Å². The van der Waals surface area contributed by atoms with Gasteiger partial charge in [0.2, 0.25) is 0 Å². The Hall–Kier alpha value is -0.180. The standard InChI is InChI=1S/C10H18N2S/c1-7(2)10(4-5-10)12-9-11-8(3)6-13-9/h7-8H,4-6H2,1-3H3,(H,11,12). The largest absolute Gasteiger partial charge is 0.359 e. The molecule has 0 aromatic rings. The van der Waals surface area contributed by atoms with Crippen molar-refractivity contribution in [1.29, 1.82) is 0 Å². The summed E-state index contributed by atoms with van der Waals surface area (Å²) in [5.41, 5.74) is 0.399. The van der Waals surface area contributed by atoms with E-state index in [1.165, 1.54) is 18.0 Å². The van der Waals surface area contributed by atoms with Gasteiger partial charge in [0.25, 0.3) is 0 Å². The monoisotopic (exact) mass is 198 g/mol. The lowest BCUT2D eigenvalue weighted by molar-refractivity contribution is 0.437. The van der Waals surface area contributed by atoms with Gasteiger partial charge in [-0.1, -0.05) is 25.6 Å². The van der Waals surface area contributed by atoms with Crippen LogP contribution in [-0.4, -0.2) is 22.5 Å². The molecule has 1 atom stereocenters. The van der Waals surface area contributed by atoms with E-state index >= 15 is 0 Å². The molecule has 3 heteroatoms. The Morgan fingerprint density at radius 3 is 2.62 bits per heavy atom. The Bertz CT molecular complexity index is 231. The Morgan fingerprint density at radius 1 is 1.54 bits per heavy atom. The summed E-state index contributed by atoms with van der Waals surface area (Å²) >= 11 is 1.87. The summed E-state index contributed by atoms with van der Waals surface area (Å²) in [5.74, 6) is 1.88. The van der Waals surface area contributed by atoms with Crippen LogP contribution >= 0.6 is 11.8 Å². The maximum absolute atomic E-state index is 4.56. The number of aliphatic imine (C=N–C) groups is 1. The number of amidine groups is 1. The van der Waals surface area contributed by atoms with E-state index in [1.54, 1.807) is 0 Å². The van der Waals surface area contributed by atoms with Crippen LogP contribution in [0.5, 0.6) is 0 Å². The van der Waals surface area contributed by atoms with Crippen LogP contribution in [-0.2, 0) is 0 Å². The van der Waals surface area contributed by atoms with Gasteiger partial charge in [-0.2, -0.15) is 0 Å². The van der Waals surface area contributed by atoms with Crippen molar-refractivity contribution in [3.63, 3.8) is 0 Å². The Labute approximate surface area is 84.6 Å². The van der Waals surface area contributed by atoms with Gasteiger partial charge in [0, 0.05) is 11.3 Å². The molecule has 1 aliphatic carbocycles. The van der Waals surface area contributed by atoms with Crippen LogP contribution in [0.15, 0.2) is 4.99 Å². The Kier molecular flexibility index (Phi) is 2.30. The second-order valence-electron chi connectivity index (χ2n) is 4.53. The average Bonchev–Trinajstić information content (AvgIpc) is 2.72. The highest BCUT2D eigenvalue weighted by Crippen LogP contribution is 2.42. The summed E-state index contributed by atoms with van der Waals surface area (Å²) in [6.07, 6.45) is 2.64. The van der Waals surface area contributed by atoms with Crippen LogP contribution in [0.3, 0.4) is 0 Å². The summed E-state index contributed by atoms with van der Waals surface area (Å²) in [4.78, 5) is 4.56. The average molecular weight is 198 g/mol. The molecule has 1 aliphatic heterocycles. The minimum atomic E-state index is 0.399. The molecule has 2 rings (SSSR count). The van der Waals surface area contributed by atoms with Gasteiger partial charge in [0.1, 0.15) is 0 Å². The van der Waals surface area contributed by atoms with Gasteiger partial charge >= 0.3 is 0 Å². The van der Waals surface area contributed by atoms with Gasteiger partial charge in [-0.15, -0.1) is 0 Å². The van der Waals surface area contributed by atoms with Crippen molar-refractivity contribution in [1.82, 2.24) is 5.32 Å². The predicted molar refractivity (Wildman–Crippen MR) is 59.3 cm³/mol. The van der Waals surface area contributed by atoms with Crippen LogP contribution < -0.4 is 5.32 Å². The second-order valence-corrected chi connectivity index (χ2v) is 5.54. The summed E-state index contributed by atoms with van der Waals surface area (Å²) in [6.45, 7) is 6.77. The van der Waals surface area contributed by atoms with Crippen molar-refractivity contribution in [2.75, 3.05) is 5.75 Å². The van der Waals surface area contributed by atoms with Gasteiger partial charge in [-0.3, -0.25) is 4.99 Å². The lowest BCUT2D eigenvalue weighted by Crippen LogP contribution is -2.38. The third-order valence-electron chi connectivity index (χ3n) is 3.05. The van der Waals surface area contributed by atoms with Crippen molar-refractivity contribution in [2.45, 2.75) is 45.2 Å². The first-order valence-electron chi connectivity index (χ1n) is 5.11. The first-order chi connectivity index (χ1) is 6.12. The zero-order valence-electron chi connectivity index (χ0n) is 8.63. The highest BCUT2D eigenvalue weighted by atomic mass is 32.2. The maximum atomic E-state index is 4.56. The number of thioether (sulfide) groups is 1. The topological polar surface area (TPSA) is 24.4 Å². The smallest absolute Gasteiger partial charge is 0.157 e. The summed E-state index contributed by atoms with van der Waals surface area (Å²) in [5, 5.41) is 4.79. The number of hydrogen-bond acceptors (Lipinski definition) is 3. The molecule has 74 valence electrons. The van der Waals surface area contributed by atoms with Crippen LogP contribution in [0.1, 0.15) is 33.6 Å². The van der Waals surface area contributed by atoms with E-state index in [4.69, 9.17) is 0 Å². The number of hydrogen-bond donors (Lipinski definition) is 1. The molecule has 0 amide bonds. The van der Waals surface area contributed by atoms with Crippen LogP contribution in [0, 0.1) is 5.92 Å². The normalized spacial score (nSPS) is 30.5. The van der Waals surface area contributed by atoms with Gasteiger partial charge in [0.15, 0.2) is 5.17 Å². The molecule has 1 fully saturated rings. The van der Waals surface area contributed by atoms with Crippen molar-refractivity contribution in [2.24, 2.45) is 10.9 Å². The molecule has 1 saturated carbocycles. The molecule has 0 saturated heterocycles. The van der Waals surface area contributed by atoms with E-state index in [9.17, 15) is 0 Å². The minimum Gasteiger partial charge on any atom is -0.359 e. The molecule has 0 radical (unpaired) electrons. The van der Waals surface area contributed by atoms with Crippen molar-refractivity contribution in [3.05, 3.63) is 0 Å². The molecule has 1 N–H and O–H groups in total. The molecule has 0 bridgehead atoms. The molecule has 0 aromatic carbocycles. The van der Waals surface area contributed by atoms with Crippen LogP contribution in [0.4, 0.5) is 0 Å². The Morgan fingerprint density at radius 2 is 2.23 bits per heavy atom. The maximum Gasteiger partial charge on any atom is 0.157 e. The molecule has 2 aliphatic rings. The van der Waals surface area contributed by atoms with E-state index in [-0.39, 0.29) is 0 Å². The van der Waals surface area contributed by atoms with Gasteiger partial charge in [-0.05, 0) is 25.7 Å². The zero-order chi connectivity index (χ0) is 9.47.